The predicted octanol–water partition coefficient (Wildman–Crippen LogP) is 1.46. The van der Waals surface area contributed by atoms with Crippen LogP contribution >= 0.6 is 0 Å². The molecule has 3 heterocycles. The van der Waals surface area contributed by atoms with Gasteiger partial charge in [0.05, 0.1) is 16.9 Å². The van der Waals surface area contributed by atoms with Crippen molar-refractivity contribution in [3.63, 3.8) is 0 Å². The maximum absolute atomic E-state index is 12.6. The summed E-state index contributed by atoms with van der Waals surface area (Å²) in [5.74, 6) is 1.46. The number of aryl methyl sites for hydroxylation is 1. The number of pyridine rings is 1. The summed E-state index contributed by atoms with van der Waals surface area (Å²) in [6.45, 7) is 8.09. The highest BCUT2D eigenvalue weighted by molar-refractivity contribution is 5.83. The number of hydrogen-bond acceptors (Lipinski definition) is 3. The molecule has 2 aromatic heterocycles. The van der Waals surface area contributed by atoms with E-state index in [4.69, 9.17) is 0 Å². The van der Waals surface area contributed by atoms with E-state index in [-0.39, 0.29) is 11.8 Å². The molecule has 2 N–H and O–H groups in total. The topological polar surface area (TPSA) is 58.4 Å². The van der Waals surface area contributed by atoms with Gasteiger partial charge in [0.25, 0.3) is 0 Å². The van der Waals surface area contributed by atoms with E-state index in [9.17, 15) is 4.79 Å². The van der Waals surface area contributed by atoms with Gasteiger partial charge in [0.1, 0.15) is 5.65 Å². The summed E-state index contributed by atoms with van der Waals surface area (Å²) in [6.07, 6.45) is 2.01. The van der Waals surface area contributed by atoms with Crippen LogP contribution in [0.5, 0.6) is 0 Å². The number of carbonyl (C=O) groups excluding carboxylic acids is 1. The van der Waals surface area contributed by atoms with Gasteiger partial charge < -0.3 is 15.0 Å². The Labute approximate surface area is 130 Å². The third-order valence-electron chi connectivity index (χ3n) is 5.13. The monoisotopic (exact) mass is 298 g/mol. The lowest BCUT2D eigenvalue weighted by Gasteiger charge is -2.27. The van der Waals surface area contributed by atoms with E-state index < -0.39 is 5.54 Å². The Morgan fingerprint density at radius 2 is 2.09 bits per heavy atom. The van der Waals surface area contributed by atoms with Crippen molar-refractivity contribution in [3.8, 4) is 0 Å². The second-order valence-electron chi connectivity index (χ2n) is 7.10. The van der Waals surface area contributed by atoms with Gasteiger partial charge in [0, 0.05) is 12.1 Å². The minimum atomic E-state index is -0.438. The smallest absolute Gasteiger partial charge is 0.224 e. The number of rotatable bonds is 3. The van der Waals surface area contributed by atoms with Gasteiger partial charge in [-0.2, -0.15) is 0 Å². The Bertz CT molecular complexity index is 738. The molecule has 5 nitrogen and oxygen atoms in total. The molecule has 5 heteroatoms. The number of nitrogens with zero attached hydrogens (tertiary/aromatic N) is 2. The molecule has 1 aliphatic heterocycles. The molecule has 2 aliphatic rings. The van der Waals surface area contributed by atoms with Crippen molar-refractivity contribution in [1.82, 2.24) is 20.0 Å². The first-order valence-corrected chi connectivity index (χ1v) is 7.96. The lowest BCUT2D eigenvalue weighted by Crippen LogP contribution is -2.44. The molecule has 0 aromatic carbocycles. The van der Waals surface area contributed by atoms with E-state index in [1.54, 1.807) is 0 Å². The molecule has 2 aromatic rings. The highest BCUT2D eigenvalue weighted by Crippen LogP contribution is 2.49. The van der Waals surface area contributed by atoms with E-state index in [0.717, 1.165) is 30.1 Å². The predicted molar refractivity (Wildman–Crippen MR) is 84.4 cm³/mol. The molecule has 0 radical (unpaired) electrons. The quantitative estimate of drug-likeness (QED) is 0.902. The van der Waals surface area contributed by atoms with Crippen molar-refractivity contribution in [2.75, 3.05) is 13.1 Å². The molecule has 1 aliphatic carbocycles. The number of hydrogen-bond donors (Lipinski definition) is 2. The molecular weight excluding hydrogens is 276 g/mol. The molecular formula is C17H22N4O. The fourth-order valence-corrected chi connectivity index (χ4v) is 4.12. The van der Waals surface area contributed by atoms with Crippen molar-refractivity contribution in [2.45, 2.75) is 26.3 Å². The van der Waals surface area contributed by atoms with Gasteiger partial charge >= 0.3 is 0 Å². The minimum absolute atomic E-state index is 0.187. The average Bonchev–Trinajstić information content (AvgIpc) is 2.81. The number of carbonyl (C=O) groups is 1. The maximum atomic E-state index is 12.6. The van der Waals surface area contributed by atoms with Crippen LogP contribution in [0.25, 0.3) is 5.65 Å². The summed E-state index contributed by atoms with van der Waals surface area (Å²) in [7, 11) is 0. The van der Waals surface area contributed by atoms with Gasteiger partial charge in [0.15, 0.2) is 0 Å². The average molecular weight is 298 g/mol. The van der Waals surface area contributed by atoms with Crippen LogP contribution in [0.15, 0.2) is 24.4 Å². The Balaban J connectivity index is 1.62. The third-order valence-corrected chi connectivity index (χ3v) is 5.13. The minimum Gasteiger partial charge on any atom is -0.345 e. The van der Waals surface area contributed by atoms with Crippen LogP contribution in [0.4, 0.5) is 0 Å². The zero-order chi connectivity index (χ0) is 15.5. The number of aromatic nitrogens is 2. The largest absolute Gasteiger partial charge is 0.345 e. The van der Waals surface area contributed by atoms with Crippen LogP contribution in [0.3, 0.4) is 0 Å². The highest BCUT2D eigenvalue weighted by atomic mass is 16.2. The van der Waals surface area contributed by atoms with Gasteiger partial charge in [-0.05, 0) is 57.8 Å². The van der Waals surface area contributed by atoms with Gasteiger partial charge in [0.2, 0.25) is 5.91 Å². The molecule has 2 fully saturated rings. The zero-order valence-electron chi connectivity index (χ0n) is 13.3. The molecule has 0 unspecified atom stereocenters. The summed E-state index contributed by atoms with van der Waals surface area (Å²) in [5, 5.41) is 6.59. The molecule has 0 bridgehead atoms. The van der Waals surface area contributed by atoms with E-state index >= 15 is 0 Å². The van der Waals surface area contributed by atoms with Crippen molar-refractivity contribution in [1.29, 1.82) is 0 Å². The van der Waals surface area contributed by atoms with Gasteiger partial charge in [-0.25, -0.2) is 4.98 Å². The summed E-state index contributed by atoms with van der Waals surface area (Å²) in [5.41, 5.74) is 2.51. The summed E-state index contributed by atoms with van der Waals surface area (Å²) in [4.78, 5) is 17.2. The van der Waals surface area contributed by atoms with Crippen LogP contribution in [0, 0.1) is 24.7 Å². The molecule has 3 atom stereocenters. The second kappa shape index (κ2) is 4.56. The first-order chi connectivity index (χ1) is 10.5. The number of fused-ring (bicyclic) bond motifs is 2. The van der Waals surface area contributed by atoms with Crippen LogP contribution in [-0.4, -0.2) is 28.4 Å². The highest BCUT2D eigenvalue weighted by Gasteiger charge is 2.57. The van der Waals surface area contributed by atoms with Crippen molar-refractivity contribution < 1.29 is 4.79 Å². The fourth-order valence-electron chi connectivity index (χ4n) is 4.12. The van der Waals surface area contributed by atoms with E-state index in [2.05, 4.69) is 33.9 Å². The SMILES string of the molecule is Cc1nc2ccccn2c1C(C)(C)NC(=O)[C@H]1[C@@H]2CNC[C@@H]21. The summed E-state index contributed by atoms with van der Waals surface area (Å²) in [6, 6.07) is 5.97. The van der Waals surface area contributed by atoms with Crippen molar-refractivity contribution >= 4 is 11.6 Å². The van der Waals surface area contributed by atoms with Gasteiger partial charge in [-0.1, -0.05) is 6.07 Å². The van der Waals surface area contributed by atoms with Crippen molar-refractivity contribution in [3.05, 3.63) is 35.8 Å². The number of piperidine rings is 1. The van der Waals surface area contributed by atoms with Gasteiger partial charge in [-0.15, -0.1) is 0 Å². The van der Waals surface area contributed by atoms with E-state index in [1.165, 1.54) is 0 Å². The van der Waals surface area contributed by atoms with Crippen LogP contribution in [0.1, 0.15) is 25.2 Å². The Morgan fingerprint density at radius 1 is 1.36 bits per heavy atom. The molecule has 0 spiro atoms. The maximum Gasteiger partial charge on any atom is 0.224 e. The van der Waals surface area contributed by atoms with E-state index in [0.29, 0.717) is 11.8 Å². The lowest BCUT2D eigenvalue weighted by atomic mass is 9.98. The standard InChI is InChI=1S/C17H22N4O/c1-10-15(21-7-5-4-6-13(21)19-10)17(2,3)20-16(22)14-11-8-18-9-12(11)14/h4-7,11-12,14,18H,8-9H2,1-3H3,(H,20,22)/t11-,12+,14+. The Morgan fingerprint density at radius 3 is 2.82 bits per heavy atom. The summed E-state index contributed by atoms with van der Waals surface area (Å²) >= 11 is 0. The fraction of sp³-hybridized carbons (Fsp3) is 0.529. The second-order valence-corrected chi connectivity index (χ2v) is 7.10. The van der Waals surface area contributed by atoms with Crippen LogP contribution < -0.4 is 10.6 Å². The number of imidazole rings is 1. The third kappa shape index (κ3) is 1.96. The first kappa shape index (κ1) is 13.8. The molecule has 22 heavy (non-hydrogen) atoms. The molecule has 1 saturated heterocycles. The van der Waals surface area contributed by atoms with Crippen LogP contribution in [-0.2, 0) is 10.3 Å². The Hall–Kier alpha value is -1.88. The lowest BCUT2D eigenvalue weighted by molar-refractivity contribution is -0.124. The van der Waals surface area contributed by atoms with Crippen molar-refractivity contribution in [2.24, 2.45) is 17.8 Å². The molecule has 1 amide bonds. The number of nitrogens with one attached hydrogen (secondary N) is 2. The number of amides is 1. The molecule has 4 rings (SSSR count). The van der Waals surface area contributed by atoms with Crippen LogP contribution in [0.2, 0.25) is 0 Å². The van der Waals surface area contributed by atoms with Gasteiger partial charge in [-0.3, -0.25) is 4.79 Å². The first-order valence-electron chi connectivity index (χ1n) is 7.96. The zero-order valence-corrected chi connectivity index (χ0v) is 13.3. The normalized spacial score (nSPS) is 27.0. The van der Waals surface area contributed by atoms with E-state index in [1.807, 2.05) is 31.3 Å². The molecule has 116 valence electrons. The molecule has 1 saturated carbocycles. The summed E-state index contributed by atoms with van der Waals surface area (Å²) < 4.78 is 2.07. The Kier molecular flexibility index (Phi) is 2.85.